The second kappa shape index (κ2) is 44.0. The van der Waals surface area contributed by atoms with E-state index in [0.29, 0.717) is 6.61 Å². The van der Waals surface area contributed by atoms with E-state index in [0.717, 1.165) is 49.4 Å². The molecule has 0 fully saturated rings. The van der Waals surface area contributed by atoms with E-state index in [1.807, 2.05) is 0 Å². The highest BCUT2D eigenvalue weighted by Crippen LogP contribution is 2.45. The van der Waals surface area contributed by atoms with E-state index in [1.165, 1.54) is 209 Å². The molecule has 0 aliphatic heterocycles. The highest BCUT2D eigenvalue weighted by Gasteiger charge is 2.24. The number of unbranched alkanes of at least 4 members (excludes halogenated alkanes) is 28. The van der Waals surface area contributed by atoms with Crippen LogP contribution in [0.2, 0.25) is 0 Å². The van der Waals surface area contributed by atoms with Crippen LogP contribution in [0.15, 0.2) is 72.8 Å². The minimum atomic E-state index is -2.14. The van der Waals surface area contributed by atoms with Gasteiger partial charge < -0.3 is 27.9 Å². The largest absolute Gasteiger partial charge is 0.530 e. The van der Waals surface area contributed by atoms with Crippen LogP contribution in [-0.2, 0) is 23.8 Å². The molecular formula is C58H98O6P2. The van der Waals surface area contributed by atoms with Gasteiger partial charge in [0.2, 0.25) is 0 Å². The Kier molecular flexibility index (Phi) is 40.0. The van der Waals surface area contributed by atoms with Gasteiger partial charge in [0.15, 0.2) is 0 Å². The van der Waals surface area contributed by atoms with Crippen LogP contribution in [-0.4, -0.2) is 16.4 Å². The molecule has 0 saturated heterocycles. The van der Waals surface area contributed by atoms with Crippen molar-refractivity contribution < 1.29 is 27.9 Å². The Bertz CT molecular complexity index is 1350. The first-order valence-corrected chi connectivity index (χ1v) is 29.7. The Morgan fingerprint density at radius 1 is 0.318 bits per heavy atom. The molecule has 3 rings (SSSR count). The molecule has 0 atom stereocenters. The van der Waals surface area contributed by atoms with E-state index in [-0.39, 0.29) is 0 Å². The fourth-order valence-electron chi connectivity index (χ4n) is 8.43. The minimum absolute atomic E-state index is 0.482. The van der Waals surface area contributed by atoms with Gasteiger partial charge in [0.25, 0.3) is 0 Å². The predicted molar refractivity (Wildman–Crippen MR) is 287 cm³/mol. The second-order valence-corrected chi connectivity index (χ2v) is 20.3. The normalized spacial score (nSPS) is 11.3. The zero-order valence-corrected chi connectivity index (χ0v) is 44.6. The summed E-state index contributed by atoms with van der Waals surface area (Å²) in [6, 6.07) is 25.5. The molecule has 0 aliphatic carbocycles. The molecule has 0 aliphatic rings. The van der Waals surface area contributed by atoms with Crippen molar-refractivity contribution >= 4 is 17.2 Å². The minimum Gasteiger partial charge on any atom is -0.408 e. The summed E-state index contributed by atoms with van der Waals surface area (Å²) < 4.78 is 25.0. The first-order valence-electron chi connectivity index (χ1n) is 27.4. The highest BCUT2D eigenvalue weighted by molar-refractivity contribution is 7.43. The molecule has 0 heterocycles. The second-order valence-electron chi connectivity index (χ2n) is 18.6. The standard InChI is InChI=1S/C45H69O3P.C13H29O3P/c1-4-7-10-13-16-19-22-31-40-34-25-28-37-43(40)46-49(47-44-38-29-26-35-41(44)32-23-20-17-14-11-8-5-2)48-45-39-30-27-36-42(45)33-24-21-18-15-12-9-6-3;1-2-3-4-5-6-7-8-9-10-11-12-13-16-17(14)15/h25-30,34-39H,4-24,31-33H2,1-3H3;14-15H,2-13H2,1H3. The van der Waals surface area contributed by atoms with Crippen molar-refractivity contribution in [2.75, 3.05) is 6.61 Å². The molecule has 2 N–H and O–H groups in total. The third-order valence-corrected chi connectivity index (χ3v) is 14.0. The van der Waals surface area contributed by atoms with Crippen molar-refractivity contribution in [2.45, 2.75) is 252 Å². The monoisotopic (exact) mass is 953 g/mol. The molecule has 3 aromatic carbocycles. The summed E-state index contributed by atoms with van der Waals surface area (Å²) in [6.45, 7) is 9.58. The Balaban J connectivity index is 0.000000743. The molecule has 66 heavy (non-hydrogen) atoms. The van der Waals surface area contributed by atoms with Gasteiger partial charge in [0.1, 0.15) is 17.2 Å². The summed E-state index contributed by atoms with van der Waals surface area (Å²) in [4.78, 5) is 17.0. The Hall–Kier alpha value is -2.20. The van der Waals surface area contributed by atoms with E-state index in [9.17, 15) is 0 Å². The zero-order chi connectivity index (χ0) is 47.4. The van der Waals surface area contributed by atoms with E-state index >= 15 is 0 Å². The highest BCUT2D eigenvalue weighted by atomic mass is 31.2. The lowest BCUT2D eigenvalue weighted by atomic mass is 10.0. The Morgan fingerprint density at radius 2 is 0.561 bits per heavy atom. The topological polar surface area (TPSA) is 77.4 Å². The van der Waals surface area contributed by atoms with Crippen molar-refractivity contribution in [2.24, 2.45) is 0 Å². The van der Waals surface area contributed by atoms with Gasteiger partial charge in [-0.15, -0.1) is 0 Å². The van der Waals surface area contributed by atoms with Crippen molar-refractivity contribution in [3.8, 4) is 17.2 Å². The molecule has 0 unspecified atom stereocenters. The third-order valence-electron chi connectivity index (χ3n) is 12.5. The molecule has 0 spiro atoms. The number of rotatable bonds is 43. The van der Waals surface area contributed by atoms with Gasteiger partial charge >= 0.3 is 17.2 Å². The maximum absolute atomic E-state index is 8.51. The van der Waals surface area contributed by atoms with Gasteiger partial charge in [0.05, 0.1) is 6.61 Å². The van der Waals surface area contributed by atoms with Crippen molar-refractivity contribution in [3.63, 3.8) is 0 Å². The molecule has 8 heteroatoms. The SMILES string of the molecule is CCCCCCCCCCCCCOP(O)O.CCCCCCCCCc1ccccc1OP(Oc1ccccc1CCCCCCCCC)Oc1ccccc1CCCCCCCCC. The van der Waals surface area contributed by atoms with E-state index < -0.39 is 17.2 Å². The van der Waals surface area contributed by atoms with Crippen LogP contribution in [0.1, 0.15) is 250 Å². The molecule has 376 valence electrons. The Labute approximate surface area is 409 Å². The number of benzene rings is 3. The first-order chi connectivity index (χ1) is 32.5. The molecule has 0 bridgehead atoms. The van der Waals surface area contributed by atoms with Gasteiger partial charge in [-0.05, 0) is 79.8 Å². The summed E-state index contributed by atoms with van der Waals surface area (Å²) in [7, 11) is -3.86. The molecule has 0 radical (unpaired) electrons. The van der Waals surface area contributed by atoms with Crippen LogP contribution < -0.4 is 13.6 Å². The van der Waals surface area contributed by atoms with Crippen molar-refractivity contribution in [3.05, 3.63) is 89.5 Å². The lowest BCUT2D eigenvalue weighted by Crippen LogP contribution is -2.06. The average molecular weight is 953 g/mol. The van der Waals surface area contributed by atoms with Gasteiger partial charge in [0, 0.05) is 0 Å². The van der Waals surface area contributed by atoms with Gasteiger partial charge in [-0.1, -0.05) is 262 Å². The lowest BCUT2D eigenvalue weighted by Gasteiger charge is -2.22. The number of aryl methyl sites for hydroxylation is 3. The summed E-state index contributed by atoms with van der Waals surface area (Å²) in [6.07, 6.45) is 44.6. The molecule has 0 aromatic heterocycles. The van der Waals surface area contributed by atoms with Crippen LogP contribution in [0.3, 0.4) is 0 Å². The average Bonchev–Trinajstić information content (AvgIpc) is 3.32. The summed E-state index contributed by atoms with van der Waals surface area (Å²) in [5.41, 5.74) is 3.72. The van der Waals surface area contributed by atoms with Crippen LogP contribution >= 0.6 is 17.2 Å². The fraction of sp³-hybridized carbons (Fsp3) is 0.690. The summed E-state index contributed by atoms with van der Waals surface area (Å²) in [5.74, 6) is 2.65. The van der Waals surface area contributed by atoms with Crippen LogP contribution in [0.25, 0.3) is 0 Å². The van der Waals surface area contributed by atoms with E-state index in [2.05, 4.69) is 100 Å². The smallest absolute Gasteiger partial charge is 0.408 e. The quantitative estimate of drug-likeness (QED) is 0.0435. The first kappa shape index (κ1) is 59.9. The van der Waals surface area contributed by atoms with Gasteiger partial charge in [-0.2, -0.15) is 0 Å². The molecule has 0 saturated carbocycles. The van der Waals surface area contributed by atoms with Gasteiger partial charge in [-0.25, -0.2) is 0 Å². The third kappa shape index (κ3) is 32.5. The summed E-state index contributed by atoms with van der Waals surface area (Å²) in [5, 5.41) is 0. The van der Waals surface area contributed by atoms with Crippen LogP contribution in [0, 0.1) is 0 Å². The van der Waals surface area contributed by atoms with Gasteiger partial charge in [-0.3, -0.25) is 0 Å². The number of hydrogen-bond acceptors (Lipinski definition) is 6. The van der Waals surface area contributed by atoms with Crippen LogP contribution in [0.4, 0.5) is 0 Å². The van der Waals surface area contributed by atoms with Crippen molar-refractivity contribution in [1.82, 2.24) is 0 Å². The van der Waals surface area contributed by atoms with E-state index in [1.54, 1.807) is 0 Å². The Morgan fingerprint density at radius 3 is 0.833 bits per heavy atom. The predicted octanol–water partition coefficient (Wildman–Crippen LogP) is 19.9. The number of hydrogen-bond donors (Lipinski definition) is 2. The molecular weight excluding hydrogens is 855 g/mol. The number of para-hydroxylation sites is 3. The van der Waals surface area contributed by atoms with Crippen LogP contribution in [0.5, 0.6) is 17.2 Å². The van der Waals surface area contributed by atoms with Crippen molar-refractivity contribution in [1.29, 1.82) is 0 Å². The molecule has 3 aromatic rings. The molecule has 0 amide bonds. The maximum Gasteiger partial charge on any atom is 0.530 e. The maximum atomic E-state index is 8.51. The van der Waals surface area contributed by atoms with E-state index in [4.69, 9.17) is 27.9 Å². The zero-order valence-electron chi connectivity index (χ0n) is 42.8. The molecule has 6 nitrogen and oxygen atoms in total. The lowest BCUT2D eigenvalue weighted by molar-refractivity contribution is 0.248. The summed E-state index contributed by atoms with van der Waals surface area (Å²) >= 11 is 0. The fourth-order valence-corrected chi connectivity index (χ4v) is 9.85.